The third kappa shape index (κ3) is 3.84. The number of nitrogens with one attached hydrogen (secondary N) is 2. The zero-order chi connectivity index (χ0) is 13.5. The number of carbonyl (C=O) groups is 1. The van der Waals surface area contributed by atoms with Crippen LogP contribution in [-0.4, -0.2) is 22.0 Å². The van der Waals surface area contributed by atoms with Gasteiger partial charge < -0.3 is 15.0 Å². The number of imidazole rings is 1. The van der Waals surface area contributed by atoms with E-state index in [1.807, 2.05) is 37.3 Å². The molecule has 0 bridgehead atoms. The first-order chi connectivity index (χ1) is 9.29. The van der Waals surface area contributed by atoms with E-state index in [1.54, 1.807) is 12.4 Å². The molecule has 0 aliphatic rings. The molecule has 0 aliphatic carbocycles. The number of rotatable bonds is 6. The van der Waals surface area contributed by atoms with E-state index in [9.17, 15) is 4.79 Å². The summed E-state index contributed by atoms with van der Waals surface area (Å²) in [5.41, 5.74) is 0. The number of hydrogen-bond acceptors (Lipinski definition) is 3. The standard InChI is InChI=1S/C14H17N3O2/c1-2-12(19-11-6-4-3-5-7-11)14(18)17-10-13-15-8-9-16-13/h3-9,12H,2,10H2,1H3,(H,15,16)(H,17,18). The van der Waals surface area contributed by atoms with Gasteiger partial charge in [0.2, 0.25) is 0 Å². The van der Waals surface area contributed by atoms with Crippen molar-refractivity contribution < 1.29 is 9.53 Å². The molecule has 1 unspecified atom stereocenters. The number of H-pyrrole nitrogens is 1. The number of aromatic amines is 1. The van der Waals surface area contributed by atoms with E-state index < -0.39 is 6.10 Å². The molecule has 0 saturated heterocycles. The largest absolute Gasteiger partial charge is 0.481 e. The first-order valence-corrected chi connectivity index (χ1v) is 6.27. The molecule has 1 aromatic heterocycles. The molecule has 0 radical (unpaired) electrons. The first kappa shape index (κ1) is 13.1. The summed E-state index contributed by atoms with van der Waals surface area (Å²) in [7, 11) is 0. The molecular formula is C14H17N3O2. The van der Waals surface area contributed by atoms with Gasteiger partial charge in [-0.3, -0.25) is 4.79 Å². The Morgan fingerprint density at radius 2 is 2.21 bits per heavy atom. The fourth-order valence-corrected chi connectivity index (χ4v) is 1.66. The maximum Gasteiger partial charge on any atom is 0.261 e. The highest BCUT2D eigenvalue weighted by Crippen LogP contribution is 2.12. The van der Waals surface area contributed by atoms with E-state index in [-0.39, 0.29) is 5.91 Å². The summed E-state index contributed by atoms with van der Waals surface area (Å²) in [6.07, 6.45) is 3.49. The molecule has 1 aromatic carbocycles. The molecule has 2 rings (SSSR count). The van der Waals surface area contributed by atoms with Crippen LogP contribution in [0.2, 0.25) is 0 Å². The summed E-state index contributed by atoms with van der Waals surface area (Å²) >= 11 is 0. The lowest BCUT2D eigenvalue weighted by atomic mass is 10.2. The fraction of sp³-hybridized carbons (Fsp3) is 0.286. The Bertz CT molecular complexity index is 497. The van der Waals surface area contributed by atoms with Gasteiger partial charge >= 0.3 is 0 Å². The van der Waals surface area contributed by atoms with E-state index in [1.165, 1.54) is 0 Å². The van der Waals surface area contributed by atoms with Crippen molar-refractivity contribution in [1.82, 2.24) is 15.3 Å². The second-order valence-corrected chi connectivity index (χ2v) is 4.08. The second-order valence-electron chi connectivity index (χ2n) is 4.08. The molecule has 1 amide bonds. The van der Waals surface area contributed by atoms with Gasteiger partial charge in [0.05, 0.1) is 6.54 Å². The van der Waals surface area contributed by atoms with E-state index >= 15 is 0 Å². The average Bonchev–Trinajstić information content (AvgIpc) is 2.96. The van der Waals surface area contributed by atoms with E-state index in [0.717, 1.165) is 5.82 Å². The molecule has 0 saturated carbocycles. The minimum absolute atomic E-state index is 0.136. The molecule has 100 valence electrons. The Morgan fingerprint density at radius 3 is 2.84 bits per heavy atom. The van der Waals surface area contributed by atoms with Crippen LogP contribution >= 0.6 is 0 Å². The number of para-hydroxylation sites is 1. The van der Waals surface area contributed by atoms with Crippen molar-refractivity contribution in [3.8, 4) is 5.75 Å². The van der Waals surface area contributed by atoms with Gasteiger partial charge in [0, 0.05) is 12.4 Å². The van der Waals surface area contributed by atoms with Crippen molar-refractivity contribution in [2.45, 2.75) is 26.0 Å². The molecular weight excluding hydrogens is 242 g/mol. The third-order valence-corrected chi connectivity index (χ3v) is 2.67. The monoisotopic (exact) mass is 259 g/mol. The Morgan fingerprint density at radius 1 is 1.42 bits per heavy atom. The van der Waals surface area contributed by atoms with Crippen LogP contribution in [0.3, 0.4) is 0 Å². The zero-order valence-electron chi connectivity index (χ0n) is 10.8. The van der Waals surface area contributed by atoms with E-state index in [2.05, 4.69) is 15.3 Å². The van der Waals surface area contributed by atoms with Gasteiger partial charge in [-0.05, 0) is 18.6 Å². The molecule has 1 heterocycles. The van der Waals surface area contributed by atoms with Crippen LogP contribution in [0.5, 0.6) is 5.75 Å². The zero-order valence-corrected chi connectivity index (χ0v) is 10.8. The van der Waals surface area contributed by atoms with E-state index in [4.69, 9.17) is 4.74 Å². The smallest absolute Gasteiger partial charge is 0.261 e. The Balaban J connectivity index is 1.88. The summed E-state index contributed by atoms with van der Waals surface area (Å²) in [5, 5.41) is 2.80. The van der Waals surface area contributed by atoms with Crippen molar-refractivity contribution in [3.63, 3.8) is 0 Å². The lowest BCUT2D eigenvalue weighted by Crippen LogP contribution is -2.37. The van der Waals surface area contributed by atoms with Gasteiger partial charge in [-0.15, -0.1) is 0 Å². The maximum absolute atomic E-state index is 12.0. The Labute approximate surface area is 112 Å². The van der Waals surface area contributed by atoms with Gasteiger partial charge in [0.15, 0.2) is 6.10 Å². The predicted octanol–water partition coefficient (Wildman–Crippen LogP) is 1.88. The van der Waals surface area contributed by atoms with Crippen LogP contribution in [0, 0.1) is 0 Å². The molecule has 0 spiro atoms. The number of amides is 1. The summed E-state index contributed by atoms with van der Waals surface area (Å²) < 4.78 is 5.65. The van der Waals surface area contributed by atoms with Gasteiger partial charge in [-0.2, -0.15) is 0 Å². The van der Waals surface area contributed by atoms with Gasteiger partial charge in [0.25, 0.3) is 5.91 Å². The predicted molar refractivity (Wildman–Crippen MR) is 71.6 cm³/mol. The summed E-state index contributed by atoms with van der Waals surface area (Å²) in [5.74, 6) is 1.29. The molecule has 5 heteroatoms. The highest BCUT2D eigenvalue weighted by Gasteiger charge is 2.18. The highest BCUT2D eigenvalue weighted by molar-refractivity contribution is 5.80. The highest BCUT2D eigenvalue weighted by atomic mass is 16.5. The van der Waals surface area contributed by atoms with Crippen LogP contribution < -0.4 is 10.1 Å². The molecule has 19 heavy (non-hydrogen) atoms. The third-order valence-electron chi connectivity index (χ3n) is 2.67. The minimum atomic E-state index is -0.489. The lowest BCUT2D eigenvalue weighted by Gasteiger charge is -2.16. The number of carbonyl (C=O) groups excluding carboxylic acids is 1. The van der Waals surface area contributed by atoms with Crippen molar-refractivity contribution >= 4 is 5.91 Å². The molecule has 0 aliphatic heterocycles. The fourth-order valence-electron chi connectivity index (χ4n) is 1.66. The van der Waals surface area contributed by atoms with Crippen LogP contribution in [0.25, 0.3) is 0 Å². The SMILES string of the molecule is CCC(Oc1ccccc1)C(=O)NCc1ncc[nH]1. The molecule has 1 atom stereocenters. The number of benzene rings is 1. The van der Waals surface area contributed by atoms with Crippen LogP contribution in [0.15, 0.2) is 42.7 Å². The molecule has 2 N–H and O–H groups in total. The van der Waals surface area contributed by atoms with Crippen molar-refractivity contribution in [2.75, 3.05) is 0 Å². The number of aromatic nitrogens is 2. The van der Waals surface area contributed by atoms with Crippen molar-refractivity contribution in [2.24, 2.45) is 0 Å². The quantitative estimate of drug-likeness (QED) is 0.832. The average molecular weight is 259 g/mol. The minimum Gasteiger partial charge on any atom is -0.481 e. The van der Waals surface area contributed by atoms with Crippen LogP contribution in [0.1, 0.15) is 19.2 Å². The Kier molecular flexibility index (Phi) is 4.55. The lowest BCUT2D eigenvalue weighted by molar-refractivity contribution is -0.128. The van der Waals surface area contributed by atoms with Crippen LogP contribution in [0.4, 0.5) is 0 Å². The van der Waals surface area contributed by atoms with Gasteiger partial charge in [0.1, 0.15) is 11.6 Å². The van der Waals surface area contributed by atoms with Gasteiger partial charge in [-0.25, -0.2) is 4.98 Å². The number of hydrogen-bond donors (Lipinski definition) is 2. The normalized spacial score (nSPS) is 11.8. The summed E-state index contributed by atoms with van der Waals surface area (Å²) in [4.78, 5) is 19.0. The summed E-state index contributed by atoms with van der Waals surface area (Å²) in [6.45, 7) is 2.29. The van der Waals surface area contributed by atoms with Crippen LogP contribution in [-0.2, 0) is 11.3 Å². The molecule has 5 nitrogen and oxygen atoms in total. The molecule has 0 fully saturated rings. The first-order valence-electron chi connectivity index (χ1n) is 6.27. The van der Waals surface area contributed by atoms with Crippen molar-refractivity contribution in [3.05, 3.63) is 48.5 Å². The number of nitrogens with zero attached hydrogens (tertiary/aromatic N) is 1. The van der Waals surface area contributed by atoms with Crippen molar-refractivity contribution in [1.29, 1.82) is 0 Å². The Hall–Kier alpha value is -2.30. The second kappa shape index (κ2) is 6.58. The summed E-state index contributed by atoms with van der Waals surface area (Å²) in [6, 6.07) is 9.33. The van der Waals surface area contributed by atoms with E-state index in [0.29, 0.717) is 18.7 Å². The maximum atomic E-state index is 12.0. The molecule has 2 aromatic rings. The van der Waals surface area contributed by atoms with Gasteiger partial charge in [-0.1, -0.05) is 25.1 Å². The number of ether oxygens (including phenoxy) is 1. The topological polar surface area (TPSA) is 67.0 Å².